The van der Waals surface area contributed by atoms with Crippen LogP contribution >= 0.6 is 11.3 Å². The predicted octanol–water partition coefficient (Wildman–Crippen LogP) is 4.61. The molecule has 0 saturated heterocycles. The van der Waals surface area contributed by atoms with Crippen molar-refractivity contribution < 1.29 is 24.5 Å². The number of rotatable bonds is 8. The summed E-state index contributed by atoms with van der Waals surface area (Å²) in [5.41, 5.74) is 9.73. The Kier molecular flexibility index (Phi) is 7.04. The number of carboxylic acids is 1. The van der Waals surface area contributed by atoms with Crippen molar-refractivity contribution in [3.8, 4) is 21.9 Å². The molecular formula is C31H31N3O6S. The fourth-order valence-corrected chi connectivity index (χ4v) is 7.10. The third kappa shape index (κ3) is 5.09. The van der Waals surface area contributed by atoms with Crippen LogP contribution < -0.4 is 21.2 Å². The number of H-pyrrole nitrogens is 1. The van der Waals surface area contributed by atoms with Crippen molar-refractivity contribution in [1.82, 2.24) is 10.3 Å². The van der Waals surface area contributed by atoms with Gasteiger partial charge in [-0.25, -0.2) is 4.79 Å². The van der Waals surface area contributed by atoms with Gasteiger partial charge in [-0.05, 0) is 85.4 Å². The first-order valence-electron chi connectivity index (χ1n) is 13.7. The highest BCUT2D eigenvalue weighted by atomic mass is 32.1. The van der Waals surface area contributed by atoms with Crippen molar-refractivity contribution in [1.29, 1.82) is 0 Å². The molecule has 2 aromatic carbocycles. The number of aryl methyl sites for hydroxylation is 1. The highest BCUT2D eigenvalue weighted by Crippen LogP contribution is 2.52. The van der Waals surface area contributed by atoms with E-state index in [1.165, 1.54) is 11.1 Å². The summed E-state index contributed by atoms with van der Waals surface area (Å²) >= 11 is 1.67. The molecule has 1 saturated carbocycles. The number of fused-ring (bicyclic) bond motifs is 2. The number of aromatic nitrogens is 1. The number of aromatic carboxylic acids is 1. The quantitative estimate of drug-likeness (QED) is 0.206. The Labute approximate surface area is 240 Å². The van der Waals surface area contributed by atoms with Crippen molar-refractivity contribution in [2.75, 3.05) is 7.11 Å². The number of pyridine rings is 1. The van der Waals surface area contributed by atoms with Crippen LogP contribution in [0.15, 0.2) is 47.4 Å². The van der Waals surface area contributed by atoms with Crippen molar-refractivity contribution in [3.63, 3.8) is 0 Å². The molecule has 0 bridgehead atoms. The minimum absolute atomic E-state index is 0.166. The Hall–Kier alpha value is -4.15. The summed E-state index contributed by atoms with van der Waals surface area (Å²) in [5, 5.41) is 22.5. The second kappa shape index (κ2) is 10.7. The number of phenolic OH excluding ortho intramolecular Hbond substituents is 1. The number of hydrogen-bond donors (Lipinski definition) is 5. The molecule has 41 heavy (non-hydrogen) atoms. The van der Waals surface area contributed by atoms with Crippen molar-refractivity contribution in [3.05, 3.63) is 79.9 Å². The SMILES string of the molecule is COc1c(-c2cc3c(s2)CCCC3NC(=O)[C@H](N)Cc2ccc(O)cc2)c(C2CC2)cc2c(=O)c(C(=O)O)c[nH]c12. The number of thiophene rings is 1. The van der Waals surface area contributed by atoms with Gasteiger partial charge in [0.1, 0.15) is 11.3 Å². The van der Waals surface area contributed by atoms with Gasteiger partial charge in [0, 0.05) is 21.5 Å². The van der Waals surface area contributed by atoms with Crippen molar-refractivity contribution >= 4 is 34.1 Å². The van der Waals surface area contributed by atoms with Crippen LogP contribution in [0.4, 0.5) is 0 Å². The molecule has 0 spiro atoms. The van der Waals surface area contributed by atoms with E-state index in [1.807, 2.05) is 6.07 Å². The Balaban J connectivity index is 1.35. The number of hydrogen-bond acceptors (Lipinski definition) is 7. The number of nitrogens with two attached hydrogens (primary N) is 1. The van der Waals surface area contributed by atoms with Crippen LogP contribution in [0.3, 0.4) is 0 Å². The molecule has 0 radical (unpaired) electrons. The van der Waals surface area contributed by atoms with Crippen LogP contribution in [0, 0.1) is 0 Å². The van der Waals surface area contributed by atoms with Crippen LogP contribution in [0.2, 0.25) is 0 Å². The van der Waals surface area contributed by atoms with Crippen LogP contribution in [-0.2, 0) is 17.6 Å². The van der Waals surface area contributed by atoms with E-state index in [2.05, 4.69) is 16.4 Å². The van der Waals surface area contributed by atoms with Gasteiger partial charge in [0.25, 0.3) is 0 Å². The number of carbonyl (C=O) groups is 2. The zero-order chi connectivity index (χ0) is 28.8. The number of benzene rings is 2. The summed E-state index contributed by atoms with van der Waals surface area (Å²) in [4.78, 5) is 43.0. The van der Waals surface area contributed by atoms with Crippen LogP contribution in [-0.4, -0.2) is 40.2 Å². The van der Waals surface area contributed by atoms with E-state index >= 15 is 0 Å². The monoisotopic (exact) mass is 573 g/mol. The van der Waals surface area contributed by atoms with E-state index in [0.29, 0.717) is 23.1 Å². The maximum Gasteiger partial charge on any atom is 0.341 e. The first-order chi connectivity index (χ1) is 19.7. The van der Waals surface area contributed by atoms with Crippen molar-refractivity contribution in [2.45, 2.75) is 56.5 Å². The van der Waals surface area contributed by atoms with Gasteiger partial charge in [0.05, 0.1) is 30.1 Å². The number of phenols is 1. The smallest absolute Gasteiger partial charge is 0.341 e. The Bertz CT molecular complexity index is 1720. The molecule has 0 aliphatic heterocycles. The third-order valence-corrected chi connectivity index (χ3v) is 9.25. The number of carboxylic acid groups (broad SMARTS) is 1. The molecule has 212 valence electrons. The van der Waals surface area contributed by atoms with Crippen LogP contribution in [0.5, 0.6) is 11.5 Å². The van der Waals surface area contributed by atoms with E-state index in [0.717, 1.165) is 59.2 Å². The maximum absolute atomic E-state index is 13.1. The molecular weight excluding hydrogens is 542 g/mol. The Morgan fingerprint density at radius 3 is 2.61 bits per heavy atom. The molecule has 2 atom stereocenters. The standard InChI is InChI=1S/C31H31N3O6S/c1-40-29-26(18(16-7-8-16)12-20-27(29)33-14-21(28(20)36)31(38)39)25-13-19-23(3-2-4-24(19)41-25)34-30(37)22(32)11-15-5-9-17(35)10-6-15/h5-6,9-10,12-14,16,22-23,35H,2-4,7-8,11,32H2,1H3,(H,33,36)(H,34,37)(H,38,39)/t22-,23?/m1/s1. The van der Waals surface area contributed by atoms with E-state index in [1.54, 1.807) is 42.7 Å². The minimum Gasteiger partial charge on any atom is -0.508 e. The number of carbonyl (C=O) groups excluding carboxylic acids is 1. The molecule has 2 aliphatic carbocycles. The van der Waals surface area contributed by atoms with Gasteiger partial charge in [0.2, 0.25) is 11.3 Å². The Morgan fingerprint density at radius 1 is 1.17 bits per heavy atom. The number of ether oxygens (including phenoxy) is 1. The zero-order valence-corrected chi connectivity index (χ0v) is 23.3. The summed E-state index contributed by atoms with van der Waals surface area (Å²) < 4.78 is 5.89. The van der Waals surface area contributed by atoms with Gasteiger partial charge < -0.3 is 31.0 Å². The van der Waals surface area contributed by atoms with Gasteiger partial charge >= 0.3 is 5.97 Å². The summed E-state index contributed by atoms with van der Waals surface area (Å²) in [6, 6.07) is 9.74. The lowest BCUT2D eigenvalue weighted by Gasteiger charge is -2.25. The lowest BCUT2D eigenvalue weighted by atomic mass is 9.91. The fraction of sp³-hybridized carbons (Fsp3) is 0.323. The molecule has 1 amide bonds. The summed E-state index contributed by atoms with van der Waals surface area (Å²) in [5.74, 6) is -0.542. The van der Waals surface area contributed by atoms with E-state index in [-0.39, 0.29) is 29.2 Å². The maximum atomic E-state index is 13.1. The minimum atomic E-state index is -1.27. The number of methoxy groups -OCH3 is 1. The Morgan fingerprint density at radius 2 is 1.93 bits per heavy atom. The summed E-state index contributed by atoms with van der Waals surface area (Å²) in [7, 11) is 1.56. The average molecular weight is 574 g/mol. The number of aromatic hydroxyl groups is 1. The third-order valence-electron chi connectivity index (χ3n) is 8.02. The lowest BCUT2D eigenvalue weighted by molar-refractivity contribution is -0.123. The van der Waals surface area contributed by atoms with E-state index < -0.39 is 17.4 Å². The number of aromatic amines is 1. The molecule has 6 N–H and O–H groups in total. The normalized spacial score (nSPS) is 17.2. The molecule has 9 nitrogen and oxygen atoms in total. The first-order valence-corrected chi connectivity index (χ1v) is 14.5. The molecule has 4 aromatic rings. The van der Waals surface area contributed by atoms with Crippen molar-refractivity contribution in [2.24, 2.45) is 5.73 Å². The van der Waals surface area contributed by atoms with Crippen LogP contribution in [0.1, 0.15) is 69.6 Å². The fourth-order valence-electron chi connectivity index (χ4n) is 5.77. The van der Waals surface area contributed by atoms with E-state index in [4.69, 9.17) is 10.5 Å². The van der Waals surface area contributed by atoms with E-state index in [9.17, 15) is 24.6 Å². The van der Waals surface area contributed by atoms with Crippen LogP contribution in [0.25, 0.3) is 21.3 Å². The summed E-state index contributed by atoms with van der Waals surface area (Å²) in [6.07, 6.45) is 6.20. The van der Waals surface area contributed by atoms with Gasteiger partial charge in [-0.1, -0.05) is 12.1 Å². The molecule has 2 aromatic heterocycles. The zero-order valence-electron chi connectivity index (χ0n) is 22.5. The predicted molar refractivity (Wildman–Crippen MR) is 157 cm³/mol. The van der Waals surface area contributed by atoms with Gasteiger partial charge in [0.15, 0.2) is 5.75 Å². The number of amides is 1. The molecule has 2 aliphatic rings. The molecule has 6 rings (SSSR count). The van der Waals surface area contributed by atoms with Gasteiger partial charge in [-0.2, -0.15) is 0 Å². The van der Waals surface area contributed by atoms with Gasteiger partial charge in [-0.3, -0.25) is 9.59 Å². The largest absolute Gasteiger partial charge is 0.508 e. The summed E-state index contributed by atoms with van der Waals surface area (Å²) in [6.45, 7) is 0. The first kappa shape index (κ1) is 27.0. The highest BCUT2D eigenvalue weighted by Gasteiger charge is 2.33. The second-order valence-electron chi connectivity index (χ2n) is 10.8. The highest BCUT2D eigenvalue weighted by molar-refractivity contribution is 7.15. The topological polar surface area (TPSA) is 155 Å². The molecule has 10 heteroatoms. The molecule has 1 unspecified atom stereocenters. The molecule has 2 heterocycles. The number of nitrogens with one attached hydrogen (secondary N) is 2. The molecule has 1 fully saturated rings. The lowest BCUT2D eigenvalue weighted by Crippen LogP contribution is -2.44. The van der Waals surface area contributed by atoms with Gasteiger partial charge in [-0.15, -0.1) is 11.3 Å². The second-order valence-corrected chi connectivity index (χ2v) is 12.0. The average Bonchev–Trinajstić information content (AvgIpc) is 3.71.